The largest absolute Gasteiger partial charge is 0.494 e. The number of para-hydroxylation sites is 1. The molecule has 2 aliphatic heterocycles. The van der Waals surface area contributed by atoms with Crippen LogP contribution in [0.1, 0.15) is 55.5 Å². The van der Waals surface area contributed by atoms with Crippen LogP contribution < -0.4 is 10.2 Å². The summed E-state index contributed by atoms with van der Waals surface area (Å²) in [6.07, 6.45) is 0. The molecule has 3 aliphatic rings. The Morgan fingerprint density at radius 1 is 0.581 bits per heavy atom. The highest BCUT2D eigenvalue weighted by Crippen LogP contribution is 2.62. The van der Waals surface area contributed by atoms with Crippen molar-refractivity contribution in [2.24, 2.45) is 0 Å². The molecule has 2 heterocycles. The molecule has 1 aliphatic carbocycles. The second kappa shape index (κ2) is 8.94. The fourth-order valence-electron chi connectivity index (χ4n) is 6.97. The molecule has 43 heavy (non-hydrogen) atoms. The summed E-state index contributed by atoms with van der Waals surface area (Å²) in [5, 5.41) is 9.30. The highest BCUT2D eigenvalue weighted by molar-refractivity contribution is 6.62. The van der Waals surface area contributed by atoms with E-state index in [-0.39, 0.29) is 0 Å². The average molecular weight is 559 g/mol. The van der Waals surface area contributed by atoms with Crippen LogP contribution in [0, 0.1) is 11.3 Å². The van der Waals surface area contributed by atoms with Crippen LogP contribution in [0.15, 0.2) is 109 Å². The molecule has 5 heteroatoms. The molecule has 0 N–H and O–H groups in total. The van der Waals surface area contributed by atoms with Gasteiger partial charge in [0.25, 0.3) is 0 Å². The van der Waals surface area contributed by atoms with Gasteiger partial charge in [-0.1, -0.05) is 78.9 Å². The van der Waals surface area contributed by atoms with Crippen molar-refractivity contribution >= 4 is 12.6 Å². The third-order valence-electron chi connectivity index (χ3n) is 9.84. The average Bonchev–Trinajstić information content (AvgIpc) is 3.43. The van der Waals surface area contributed by atoms with Crippen molar-refractivity contribution in [1.82, 2.24) is 0 Å². The van der Waals surface area contributed by atoms with Crippen LogP contribution in [0.3, 0.4) is 0 Å². The summed E-state index contributed by atoms with van der Waals surface area (Å²) in [6, 6.07) is 40.3. The minimum atomic E-state index is -0.584. The lowest BCUT2D eigenvalue weighted by Crippen LogP contribution is -2.41. The van der Waals surface area contributed by atoms with E-state index in [2.05, 4.69) is 113 Å². The van der Waals surface area contributed by atoms with E-state index < -0.39 is 23.7 Å². The van der Waals surface area contributed by atoms with Crippen LogP contribution in [0.5, 0.6) is 11.5 Å². The molecule has 208 valence electrons. The maximum absolute atomic E-state index is 9.30. The van der Waals surface area contributed by atoms with Gasteiger partial charge in [0.2, 0.25) is 0 Å². The molecule has 1 atom stereocenters. The number of rotatable bonds is 2. The third kappa shape index (κ3) is 3.58. The highest BCUT2D eigenvalue weighted by atomic mass is 16.7. The first-order valence-corrected chi connectivity index (χ1v) is 14.8. The third-order valence-corrected chi connectivity index (χ3v) is 9.84. The molecule has 4 nitrogen and oxygen atoms in total. The van der Waals surface area contributed by atoms with Crippen molar-refractivity contribution in [1.29, 1.82) is 5.26 Å². The molecule has 0 aromatic heterocycles. The molecule has 1 fully saturated rings. The summed E-state index contributed by atoms with van der Waals surface area (Å²) in [4.78, 5) is 0. The second-order valence-corrected chi connectivity index (χ2v) is 12.7. The first-order chi connectivity index (χ1) is 20.7. The van der Waals surface area contributed by atoms with Gasteiger partial charge in [-0.05, 0) is 96.9 Å². The molecule has 1 spiro atoms. The smallest absolute Gasteiger partial charge is 0.457 e. The Morgan fingerprint density at radius 3 is 1.95 bits per heavy atom. The first-order valence-electron chi connectivity index (χ1n) is 14.8. The highest BCUT2D eigenvalue weighted by Gasteiger charge is 2.54. The number of fused-ring (bicyclic) bond motifs is 9. The van der Waals surface area contributed by atoms with Crippen LogP contribution in [0.2, 0.25) is 0 Å². The van der Waals surface area contributed by atoms with E-state index in [0.29, 0.717) is 5.56 Å². The van der Waals surface area contributed by atoms with Gasteiger partial charge in [-0.2, -0.15) is 5.26 Å². The molecule has 1 unspecified atom stereocenters. The molecule has 0 saturated carbocycles. The Bertz CT molecular complexity index is 1970. The van der Waals surface area contributed by atoms with Gasteiger partial charge in [0.1, 0.15) is 11.5 Å². The lowest BCUT2D eigenvalue weighted by atomic mass is 9.64. The van der Waals surface area contributed by atoms with E-state index in [4.69, 9.17) is 14.0 Å². The van der Waals surface area contributed by atoms with Gasteiger partial charge in [0, 0.05) is 11.1 Å². The fraction of sp³-hybridized carbons (Fsp3) is 0.184. The van der Waals surface area contributed by atoms with Crippen LogP contribution in [0.25, 0.3) is 22.3 Å². The van der Waals surface area contributed by atoms with E-state index in [1.807, 2.05) is 30.3 Å². The predicted octanol–water partition coefficient (Wildman–Crippen LogP) is 7.99. The number of ether oxygens (including phenoxy) is 1. The number of hydrogen-bond acceptors (Lipinski definition) is 4. The van der Waals surface area contributed by atoms with Crippen LogP contribution in [-0.2, 0) is 14.7 Å². The first kappa shape index (κ1) is 26.0. The monoisotopic (exact) mass is 559 g/mol. The maximum atomic E-state index is 9.30. The molecular formula is C38H30BNO3. The van der Waals surface area contributed by atoms with Crippen molar-refractivity contribution in [3.63, 3.8) is 0 Å². The Labute approximate surface area is 252 Å². The van der Waals surface area contributed by atoms with E-state index in [9.17, 15) is 5.26 Å². The summed E-state index contributed by atoms with van der Waals surface area (Å²) < 4.78 is 19.6. The summed E-state index contributed by atoms with van der Waals surface area (Å²) in [7, 11) is -0.487. The lowest BCUT2D eigenvalue weighted by Gasteiger charge is -2.39. The van der Waals surface area contributed by atoms with Gasteiger partial charge in [0.15, 0.2) is 0 Å². The number of nitriles is 1. The quantitative estimate of drug-likeness (QED) is 0.202. The molecule has 5 aromatic carbocycles. The molecule has 0 amide bonds. The normalized spacial score (nSPS) is 20.0. The summed E-state index contributed by atoms with van der Waals surface area (Å²) in [6.45, 7) is 8.34. The van der Waals surface area contributed by atoms with E-state index in [0.717, 1.165) is 39.2 Å². The zero-order valence-electron chi connectivity index (χ0n) is 24.6. The topological polar surface area (TPSA) is 51.5 Å². The molecule has 0 bridgehead atoms. The predicted molar refractivity (Wildman–Crippen MR) is 170 cm³/mol. The van der Waals surface area contributed by atoms with E-state index in [1.54, 1.807) is 0 Å². The van der Waals surface area contributed by atoms with E-state index in [1.165, 1.54) is 22.3 Å². The molecule has 8 rings (SSSR count). The van der Waals surface area contributed by atoms with Crippen LogP contribution in [-0.4, -0.2) is 18.3 Å². The SMILES string of the molecule is CC1(C)OB(c2ccc3c(c2)C2(c4ccccc4O3)c3ccccc3-c3cc(-c4ccc(C#N)cc4)ccc32)OC1(C)C. The second-order valence-electron chi connectivity index (χ2n) is 12.7. The fourth-order valence-corrected chi connectivity index (χ4v) is 6.97. The Hall–Kier alpha value is -4.63. The molecular weight excluding hydrogens is 529 g/mol. The molecule has 1 saturated heterocycles. The minimum absolute atomic E-state index is 0.442. The van der Waals surface area contributed by atoms with Gasteiger partial charge in [0.05, 0.1) is 28.2 Å². The summed E-state index contributed by atoms with van der Waals surface area (Å²) in [5.41, 5.74) is 9.39. The van der Waals surface area contributed by atoms with Crippen molar-refractivity contribution in [3.05, 3.63) is 137 Å². The Morgan fingerprint density at radius 2 is 1.21 bits per heavy atom. The number of benzene rings is 5. The van der Waals surface area contributed by atoms with Gasteiger partial charge in [-0.25, -0.2) is 0 Å². The van der Waals surface area contributed by atoms with Crippen molar-refractivity contribution in [2.45, 2.75) is 44.3 Å². The lowest BCUT2D eigenvalue weighted by molar-refractivity contribution is 0.00578. The van der Waals surface area contributed by atoms with E-state index >= 15 is 0 Å². The Kier molecular flexibility index (Phi) is 5.41. The minimum Gasteiger partial charge on any atom is -0.457 e. The zero-order chi connectivity index (χ0) is 29.6. The van der Waals surface area contributed by atoms with Gasteiger partial charge >= 0.3 is 7.12 Å². The van der Waals surface area contributed by atoms with Crippen molar-refractivity contribution in [2.75, 3.05) is 0 Å². The summed E-state index contributed by atoms with van der Waals surface area (Å²) >= 11 is 0. The van der Waals surface area contributed by atoms with Crippen molar-refractivity contribution in [3.8, 4) is 39.8 Å². The van der Waals surface area contributed by atoms with Crippen LogP contribution >= 0.6 is 0 Å². The standard InChI is InChI=1S/C38H30BNO3/c1-36(2)37(3,4)43-39(42-36)27-18-20-35-33(22-27)38(32-11-7-8-12-34(32)41-35)30-10-6-5-9-28(30)29-21-26(17-19-31(29)38)25-15-13-24(23-40)14-16-25/h5-22H,1-4H3. The van der Waals surface area contributed by atoms with Crippen molar-refractivity contribution < 1.29 is 14.0 Å². The molecule has 5 aromatic rings. The Balaban J connectivity index is 1.38. The van der Waals surface area contributed by atoms with Gasteiger partial charge in [-0.15, -0.1) is 0 Å². The number of hydrogen-bond donors (Lipinski definition) is 0. The zero-order valence-corrected chi connectivity index (χ0v) is 24.6. The molecule has 0 radical (unpaired) electrons. The van der Waals surface area contributed by atoms with Crippen LogP contribution in [0.4, 0.5) is 0 Å². The summed E-state index contributed by atoms with van der Waals surface area (Å²) in [5.74, 6) is 1.69. The maximum Gasteiger partial charge on any atom is 0.494 e. The van der Waals surface area contributed by atoms with Gasteiger partial charge < -0.3 is 14.0 Å². The number of nitrogens with zero attached hydrogens (tertiary/aromatic N) is 1. The van der Waals surface area contributed by atoms with Gasteiger partial charge in [-0.3, -0.25) is 0 Å².